The van der Waals surface area contributed by atoms with Crippen molar-refractivity contribution in [2.24, 2.45) is 0 Å². The largest absolute Gasteiger partial charge is 0.236 e. The Bertz CT molecular complexity index is 1810. The summed E-state index contributed by atoms with van der Waals surface area (Å²) in [6.07, 6.45) is 2.88. The van der Waals surface area contributed by atoms with Crippen LogP contribution in [0.1, 0.15) is 33.5 Å². The van der Waals surface area contributed by atoms with Gasteiger partial charge in [0.2, 0.25) is 0 Å². The van der Waals surface area contributed by atoms with Crippen LogP contribution in [-0.2, 0) is 6.42 Å². The topological polar surface area (TPSA) is 25.8 Å². The second kappa shape index (κ2) is 8.11. The fraction of sp³-hybridized carbons (Fsp3) is 0.143. The molecule has 1 heterocycles. The number of nitrogens with zero attached hydrogens (tertiary/aromatic N) is 2. The lowest BCUT2D eigenvalue weighted by Crippen LogP contribution is -1.95. The number of hydrogen-bond donors (Lipinski definition) is 0. The maximum atomic E-state index is 5.03. The first-order valence-electron chi connectivity index (χ1n) is 12.9. The second-order valence-corrected chi connectivity index (χ2v) is 10.7. The zero-order valence-corrected chi connectivity index (χ0v) is 21.7. The van der Waals surface area contributed by atoms with Crippen LogP contribution in [0.5, 0.6) is 0 Å². The SMILES string of the molecule is Cc1cc(C)cc(-c2ncc3c(n2)Cc2ccc(-c4c5cc(C)ccc5cc5ccc(C)cc45)cc2-3)c1. The van der Waals surface area contributed by atoms with Gasteiger partial charge in [-0.3, -0.25) is 0 Å². The lowest BCUT2D eigenvalue weighted by Gasteiger charge is -2.15. The van der Waals surface area contributed by atoms with Crippen molar-refractivity contribution in [1.29, 1.82) is 0 Å². The Labute approximate surface area is 217 Å². The van der Waals surface area contributed by atoms with E-state index in [9.17, 15) is 0 Å². The molecule has 0 radical (unpaired) electrons. The average Bonchev–Trinajstić information content (AvgIpc) is 3.24. The van der Waals surface area contributed by atoms with E-state index >= 15 is 0 Å². The van der Waals surface area contributed by atoms with Gasteiger partial charge in [0.25, 0.3) is 0 Å². The summed E-state index contributed by atoms with van der Waals surface area (Å²) in [6.45, 7) is 8.60. The summed E-state index contributed by atoms with van der Waals surface area (Å²) in [7, 11) is 0. The summed E-state index contributed by atoms with van der Waals surface area (Å²) in [5.74, 6) is 0.810. The van der Waals surface area contributed by atoms with Gasteiger partial charge in [-0.25, -0.2) is 9.97 Å². The standard InChI is InChI=1S/C35H28N2/c1-20-5-7-24-16-25-8-6-21(2)15-31(25)34(30(24)14-20)27-10-9-26-18-33-32(29(26)17-27)19-36-35(37-33)28-12-22(3)11-23(4)13-28/h5-17,19H,18H2,1-4H3. The molecule has 0 N–H and O–H groups in total. The van der Waals surface area contributed by atoms with Gasteiger partial charge in [-0.2, -0.15) is 0 Å². The maximum absolute atomic E-state index is 5.03. The highest BCUT2D eigenvalue weighted by Crippen LogP contribution is 2.42. The number of rotatable bonds is 2. The quantitative estimate of drug-likeness (QED) is 0.233. The molecule has 0 saturated carbocycles. The van der Waals surface area contributed by atoms with E-state index in [2.05, 4.69) is 107 Å². The summed E-state index contributed by atoms with van der Waals surface area (Å²) < 4.78 is 0. The molecule has 6 aromatic rings. The highest BCUT2D eigenvalue weighted by atomic mass is 14.9. The van der Waals surface area contributed by atoms with Gasteiger partial charge >= 0.3 is 0 Å². The van der Waals surface area contributed by atoms with Crippen LogP contribution < -0.4 is 0 Å². The van der Waals surface area contributed by atoms with E-state index in [0.29, 0.717) is 0 Å². The molecule has 1 aliphatic rings. The Balaban J connectivity index is 1.41. The zero-order valence-electron chi connectivity index (χ0n) is 21.7. The van der Waals surface area contributed by atoms with Crippen LogP contribution in [0.15, 0.2) is 85.1 Å². The molecule has 0 unspecified atom stereocenters. The Morgan fingerprint density at radius 1 is 0.568 bits per heavy atom. The van der Waals surface area contributed by atoms with Crippen LogP contribution in [0, 0.1) is 27.7 Å². The molecule has 0 amide bonds. The number of benzene rings is 5. The van der Waals surface area contributed by atoms with E-state index in [1.807, 2.05) is 6.20 Å². The van der Waals surface area contributed by atoms with Crippen LogP contribution in [0.3, 0.4) is 0 Å². The molecule has 0 aliphatic heterocycles. The van der Waals surface area contributed by atoms with Gasteiger partial charge in [0, 0.05) is 23.7 Å². The summed E-state index contributed by atoms with van der Waals surface area (Å²) in [6, 6.07) is 29.4. The third-order valence-electron chi connectivity index (χ3n) is 7.66. The first kappa shape index (κ1) is 21.9. The third kappa shape index (κ3) is 3.64. The molecule has 1 aromatic heterocycles. The monoisotopic (exact) mass is 476 g/mol. The van der Waals surface area contributed by atoms with Crippen LogP contribution in [0.2, 0.25) is 0 Å². The molecule has 5 aromatic carbocycles. The van der Waals surface area contributed by atoms with E-state index in [4.69, 9.17) is 9.97 Å². The molecule has 2 heteroatoms. The first-order valence-corrected chi connectivity index (χ1v) is 12.9. The Morgan fingerprint density at radius 3 is 1.92 bits per heavy atom. The number of aromatic nitrogens is 2. The normalized spacial score (nSPS) is 12.2. The van der Waals surface area contributed by atoms with Crippen molar-refractivity contribution in [3.8, 4) is 33.6 Å². The molecule has 178 valence electrons. The van der Waals surface area contributed by atoms with Crippen LogP contribution >= 0.6 is 0 Å². The minimum absolute atomic E-state index is 0.810. The van der Waals surface area contributed by atoms with E-state index < -0.39 is 0 Å². The molecule has 37 heavy (non-hydrogen) atoms. The second-order valence-electron chi connectivity index (χ2n) is 10.7. The van der Waals surface area contributed by atoms with Crippen molar-refractivity contribution in [1.82, 2.24) is 9.97 Å². The predicted molar refractivity (Wildman–Crippen MR) is 155 cm³/mol. The predicted octanol–water partition coefficient (Wildman–Crippen LogP) is 8.92. The number of fused-ring (bicyclic) bond motifs is 5. The van der Waals surface area contributed by atoms with E-state index in [1.54, 1.807) is 0 Å². The molecule has 0 bridgehead atoms. The van der Waals surface area contributed by atoms with E-state index in [-0.39, 0.29) is 0 Å². The molecule has 0 fully saturated rings. The lowest BCUT2D eigenvalue weighted by molar-refractivity contribution is 1.07. The van der Waals surface area contributed by atoms with Crippen molar-refractivity contribution in [2.45, 2.75) is 34.1 Å². The van der Waals surface area contributed by atoms with Crippen molar-refractivity contribution < 1.29 is 0 Å². The fourth-order valence-electron chi connectivity index (χ4n) is 5.99. The molecular weight excluding hydrogens is 448 g/mol. The zero-order chi connectivity index (χ0) is 25.3. The number of hydrogen-bond acceptors (Lipinski definition) is 2. The lowest BCUT2D eigenvalue weighted by atomic mass is 9.89. The highest BCUT2D eigenvalue weighted by Gasteiger charge is 2.23. The molecule has 7 rings (SSSR count). The van der Waals surface area contributed by atoms with Crippen LogP contribution in [-0.4, -0.2) is 9.97 Å². The summed E-state index contributed by atoms with van der Waals surface area (Å²) in [5, 5.41) is 5.16. The van der Waals surface area contributed by atoms with Crippen LogP contribution in [0.25, 0.3) is 55.2 Å². The molecule has 0 atom stereocenters. The van der Waals surface area contributed by atoms with Gasteiger partial charge in [0.1, 0.15) is 0 Å². The molecule has 0 spiro atoms. The van der Waals surface area contributed by atoms with Gasteiger partial charge in [0.15, 0.2) is 5.82 Å². The van der Waals surface area contributed by atoms with Gasteiger partial charge < -0.3 is 0 Å². The molecule has 1 aliphatic carbocycles. The van der Waals surface area contributed by atoms with E-state index in [1.165, 1.54) is 66.1 Å². The smallest absolute Gasteiger partial charge is 0.159 e. The average molecular weight is 477 g/mol. The fourth-order valence-corrected chi connectivity index (χ4v) is 5.99. The minimum Gasteiger partial charge on any atom is -0.236 e. The Morgan fingerprint density at radius 2 is 1.24 bits per heavy atom. The third-order valence-corrected chi connectivity index (χ3v) is 7.66. The summed E-state index contributed by atoms with van der Waals surface area (Å²) in [4.78, 5) is 9.85. The van der Waals surface area contributed by atoms with Crippen molar-refractivity contribution in [3.63, 3.8) is 0 Å². The Kier molecular flexibility index (Phi) is 4.81. The minimum atomic E-state index is 0.810. The van der Waals surface area contributed by atoms with Crippen molar-refractivity contribution in [2.75, 3.05) is 0 Å². The molecule has 2 nitrogen and oxygen atoms in total. The van der Waals surface area contributed by atoms with Gasteiger partial charge in [-0.15, -0.1) is 0 Å². The maximum Gasteiger partial charge on any atom is 0.159 e. The summed E-state index contributed by atoms with van der Waals surface area (Å²) >= 11 is 0. The first-order chi connectivity index (χ1) is 17.9. The highest BCUT2D eigenvalue weighted by molar-refractivity contribution is 6.13. The number of aryl methyl sites for hydroxylation is 4. The molecule has 0 saturated heterocycles. The van der Waals surface area contributed by atoms with Gasteiger partial charge in [-0.05, 0) is 95.8 Å². The van der Waals surface area contributed by atoms with Gasteiger partial charge in [-0.1, -0.05) is 76.9 Å². The van der Waals surface area contributed by atoms with Crippen LogP contribution in [0.4, 0.5) is 0 Å². The van der Waals surface area contributed by atoms with Crippen molar-refractivity contribution >= 4 is 21.5 Å². The summed E-state index contributed by atoms with van der Waals surface area (Å²) in [5.41, 5.74) is 13.5. The molecular formula is C35H28N2. The Hall–Kier alpha value is -4.30. The van der Waals surface area contributed by atoms with Crippen molar-refractivity contribution in [3.05, 3.63) is 119 Å². The van der Waals surface area contributed by atoms with E-state index in [0.717, 1.165) is 29.1 Å². The van der Waals surface area contributed by atoms with Gasteiger partial charge in [0.05, 0.1) is 5.69 Å².